The van der Waals surface area contributed by atoms with Crippen LogP contribution in [0, 0.1) is 0 Å². The Balaban J connectivity index is 1.87. The normalized spacial score (nSPS) is 11.0. The van der Waals surface area contributed by atoms with Crippen molar-refractivity contribution in [3.63, 3.8) is 0 Å². The minimum absolute atomic E-state index is 0.124. The van der Waals surface area contributed by atoms with Crippen molar-refractivity contribution in [3.8, 4) is 34.5 Å². The number of benzene rings is 2. The lowest BCUT2D eigenvalue weighted by Gasteiger charge is -2.20. The van der Waals surface area contributed by atoms with E-state index in [-0.39, 0.29) is 17.3 Å². The van der Waals surface area contributed by atoms with E-state index in [0.717, 1.165) is 18.4 Å². The van der Waals surface area contributed by atoms with Crippen LogP contribution in [0.15, 0.2) is 51.7 Å². The molecule has 2 aromatic heterocycles. The molecular weight excluding hydrogens is 496 g/mol. The number of para-hydroxylation sites is 1. The summed E-state index contributed by atoms with van der Waals surface area (Å²) < 4.78 is 18.9. The monoisotopic (exact) mass is 524 g/mol. The Morgan fingerprint density at radius 2 is 1.68 bits per heavy atom. The van der Waals surface area contributed by atoms with Crippen LogP contribution in [0.5, 0.6) is 17.4 Å². The SMILES string of the molecule is CCCCc1nc(O)c(-c2nnc(Cc3ccc(Cl)cc3)o2)c(=O)n1-c1c(OCC)cccc1OCC. The van der Waals surface area contributed by atoms with Crippen LogP contribution in [0.2, 0.25) is 5.02 Å². The van der Waals surface area contributed by atoms with E-state index in [9.17, 15) is 9.90 Å². The highest BCUT2D eigenvalue weighted by Gasteiger charge is 2.26. The molecule has 10 heteroatoms. The van der Waals surface area contributed by atoms with Crippen molar-refractivity contribution >= 4 is 11.6 Å². The lowest BCUT2D eigenvalue weighted by atomic mass is 10.1. The van der Waals surface area contributed by atoms with Gasteiger partial charge in [-0.1, -0.05) is 43.1 Å². The smallest absolute Gasteiger partial charge is 0.275 e. The van der Waals surface area contributed by atoms with E-state index < -0.39 is 11.4 Å². The first-order valence-electron chi connectivity index (χ1n) is 12.3. The summed E-state index contributed by atoms with van der Waals surface area (Å²) in [6.07, 6.45) is 2.43. The molecular formula is C27H29ClN4O5. The quantitative estimate of drug-likeness (QED) is 0.278. The van der Waals surface area contributed by atoms with Gasteiger partial charge in [0.25, 0.3) is 11.4 Å². The molecule has 1 N–H and O–H groups in total. The summed E-state index contributed by atoms with van der Waals surface area (Å²) in [7, 11) is 0. The fourth-order valence-corrected chi connectivity index (χ4v) is 4.07. The predicted molar refractivity (Wildman–Crippen MR) is 140 cm³/mol. The van der Waals surface area contributed by atoms with E-state index >= 15 is 0 Å². The summed E-state index contributed by atoms with van der Waals surface area (Å²) in [5.74, 6) is 0.980. The molecule has 2 aromatic carbocycles. The van der Waals surface area contributed by atoms with Gasteiger partial charge in [-0.15, -0.1) is 10.2 Å². The lowest BCUT2D eigenvalue weighted by molar-refractivity contribution is 0.320. The van der Waals surface area contributed by atoms with Gasteiger partial charge in [0.05, 0.1) is 19.6 Å². The van der Waals surface area contributed by atoms with Gasteiger partial charge in [-0.25, -0.2) is 0 Å². The third-order valence-electron chi connectivity index (χ3n) is 5.62. The van der Waals surface area contributed by atoms with Gasteiger partial charge in [-0.2, -0.15) is 4.98 Å². The van der Waals surface area contributed by atoms with Gasteiger partial charge in [0.2, 0.25) is 11.8 Å². The van der Waals surface area contributed by atoms with Gasteiger partial charge in [0.15, 0.2) is 5.56 Å². The maximum Gasteiger partial charge on any atom is 0.275 e. The van der Waals surface area contributed by atoms with Crippen molar-refractivity contribution in [2.24, 2.45) is 0 Å². The molecule has 0 aliphatic rings. The van der Waals surface area contributed by atoms with Gasteiger partial charge in [0, 0.05) is 11.4 Å². The highest BCUT2D eigenvalue weighted by Crippen LogP contribution is 2.35. The van der Waals surface area contributed by atoms with Crippen LogP contribution in [0.4, 0.5) is 0 Å². The molecule has 0 spiro atoms. The Morgan fingerprint density at radius 3 is 2.30 bits per heavy atom. The van der Waals surface area contributed by atoms with E-state index in [1.807, 2.05) is 32.9 Å². The van der Waals surface area contributed by atoms with E-state index in [0.29, 0.717) is 54.1 Å². The minimum atomic E-state index is -0.562. The van der Waals surface area contributed by atoms with Crippen LogP contribution in [-0.4, -0.2) is 38.1 Å². The number of ether oxygens (including phenoxy) is 2. The fraction of sp³-hybridized carbons (Fsp3) is 0.333. The Bertz CT molecular complexity index is 1390. The zero-order valence-corrected chi connectivity index (χ0v) is 21.8. The number of hydrogen-bond donors (Lipinski definition) is 1. The van der Waals surface area contributed by atoms with Gasteiger partial charge in [-0.3, -0.25) is 9.36 Å². The van der Waals surface area contributed by atoms with Crippen molar-refractivity contribution in [1.82, 2.24) is 19.7 Å². The van der Waals surface area contributed by atoms with Gasteiger partial charge in [-0.05, 0) is 50.1 Å². The first-order valence-corrected chi connectivity index (χ1v) is 12.7. The molecule has 0 fully saturated rings. The van der Waals surface area contributed by atoms with E-state index in [1.54, 1.807) is 30.3 Å². The Labute approximate surface area is 219 Å². The van der Waals surface area contributed by atoms with Crippen LogP contribution in [0.3, 0.4) is 0 Å². The Morgan fingerprint density at radius 1 is 1.00 bits per heavy atom. The number of rotatable bonds is 11. The number of hydrogen-bond acceptors (Lipinski definition) is 8. The molecule has 0 atom stereocenters. The number of unbranched alkanes of at least 4 members (excludes halogenated alkanes) is 1. The first kappa shape index (κ1) is 26.2. The molecule has 0 bridgehead atoms. The molecule has 2 heterocycles. The molecule has 194 valence electrons. The zero-order valence-electron chi connectivity index (χ0n) is 21.0. The molecule has 0 radical (unpaired) electrons. The second-order valence-corrected chi connectivity index (χ2v) is 8.68. The van der Waals surface area contributed by atoms with E-state index in [2.05, 4.69) is 15.2 Å². The van der Waals surface area contributed by atoms with Gasteiger partial charge >= 0.3 is 0 Å². The van der Waals surface area contributed by atoms with Gasteiger partial charge in [0.1, 0.15) is 23.0 Å². The van der Waals surface area contributed by atoms with Crippen molar-refractivity contribution in [2.45, 2.75) is 46.5 Å². The minimum Gasteiger partial charge on any atom is -0.493 e. The van der Waals surface area contributed by atoms with Crippen LogP contribution in [0.1, 0.15) is 50.9 Å². The largest absolute Gasteiger partial charge is 0.493 e. The second kappa shape index (κ2) is 11.9. The molecule has 0 unspecified atom stereocenters. The fourth-order valence-electron chi connectivity index (χ4n) is 3.94. The summed E-state index contributed by atoms with van der Waals surface area (Å²) >= 11 is 5.96. The standard InChI is InChI=1S/C27H29ClN4O5/c1-4-7-11-21-29-25(33)23(26-31-30-22(37-26)16-17-12-14-18(28)15-13-17)27(34)32(21)24-19(35-5-2)9-8-10-20(24)36-6-3/h8-10,12-15,33H,4-7,11,16H2,1-3H3. The number of aromatic nitrogens is 4. The maximum atomic E-state index is 14.0. The molecule has 37 heavy (non-hydrogen) atoms. The second-order valence-electron chi connectivity index (χ2n) is 8.24. The van der Waals surface area contributed by atoms with Gasteiger partial charge < -0.3 is 19.0 Å². The summed E-state index contributed by atoms with van der Waals surface area (Å²) in [4.78, 5) is 18.4. The van der Waals surface area contributed by atoms with Crippen LogP contribution < -0.4 is 15.0 Å². The Hall–Kier alpha value is -3.85. The van der Waals surface area contributed by atoms with Crippen LogP contribution in [0.25, 0.3) is 17.1 Å². The molecule has 0 amide bonds. The number of aryl methyl sites for hydroxylation is 1. The molecule has 9 nitrogen and oxygen atoms in total. The average Bonchev–Trinajstić information content (AvgIpc) is 3.33. The molecule has 0 saturated heterocycles. The molecule has 4 aromatic rings. The van der Waals surface area contributed by atoms with Crippen LogP contribution >= 0.6 is 11.6 Å². The number of halogens is 1. The summed E-state index contributed by atoms with van der Waals surface area (Å²) in [5, 5.41) is 19.6. The topological polar surface area (TPSA) is 113 Å². The van der Waals surface area contributed by atoms with Crippen molar-refractivity contribution in [1.29, 1.82) is 0 Å². The summed E-state index contributed by atoms with van der Waals surface area (Å²) in [5.41, 5.74) is 0.565. The summed E-state index contributed by atoms with van der Waals surface area (Å²) in [6, 6.07) is 12.6. The maximum absolute atomic E-state index is 14.0. The van der Waals surface area contributed by atoms with E-state index in [1.165, 1.54) is 4.57 Å². The lowest BCUT2D eigenvalue weighted by Crippen LogP contribution is -2.26. The third kappa shape index (κ3) is 5.77. The average molecular weight is 525 g/mol. The summed E-state index contributed by atoms with van der Waals surface area (Å²) in [6.45, 7) is 6.53. The molecule has 0 saturated carbocycles. The first-order chi connectivity index (χ1) is 18.0. The Kier molecular flexibility index (Phi) is 8.45. The number of aromatic hydroxyl groups is 1. The van der Waals surface area contributed by atoms with Crippen molar-refractivity contribution in [3.05, 3.63) is 75.1 Å². The highest BCUT2D eigenvalue weighted by atomic mass is 35.5. The zero-order chi connectivity index (χ0) is 26.4. The molecule has 4 rings (SSSR count). The predicted octanol–water partition coefficient (Wildman–Crippen LogP) is 5.37. The molecule has 0 aliphatic carbocycles. The third-order valence-corrected chi connectivity index (χ3v) is 5.87. The van der Waals surface area contributed by atoms with Crippen LogP contribution in [-0.2, 0) is 12.8 Å². The molecule has 0 aliphatic heterocycles. The van der Waals surface area contributed by atoms with E-state index in [4.69, 9.17) is 25.5 Å². The van der Waals surface area contributed by atoms with Crippen molar-refractivity contribution < 1.29 is 19.0 Å². The van der Waals surface area contributed by atoms with Crippen molar-refractivity contribution in [2.75, 3.05) is 13.2 Å². The highest BCUT2D eigenvalue weighted by molar-refractivity contribution is 6.30. The number of nitrogens with zero attached hydrogens (tertiary/aromatic N) is 4.